The summed E-state index contributed by atoms with van der Waals surface area (Å²) in [6, 6.07) is 4.22. The molecular weight excluding hydrogens is 275 g/mol. The second-order valence-electron chi connectivity index (χ2n) is 4.39. The quantitative estimate of drug-likeness (QED) is 0.940. The van der Waals surface area contributed by atoms with Gasteiger partial charge in [-0.1, -0.05) is 0 Å². The average Bonchev–Trinajstić information content (AvgIpc) is 2.47. The second kappa shape index (κ2) is 6.21. The van der Waals surface area contributed by atoms with E-state index in [1.54, 1.807) is 12.3 Å². The highest BCUT2D eigenvalue weighted by molar-refractivity contribution is 6.05. The number of rotatable bonds is 4. The number of carbonyl (C=O) groups excluding carboxylic acids is 1. The normalized spacial score (nSPS) is 10.1. The lowest BCUT2D eigenvalue weighted by atomic mass is 10.2. The number of carbonyl (C=O) groups is 1. The molecular formula is C15H15FN2O3. The van der Waals surface area contributed by atoms with Crippen molar-refractivity contribution in [2.45, 2.75) is 6.92 Å². The van der Waals surface area contributed by atoms with E-state index in [2.05, 4.69) is 10.3 Å². The van der Waals surface area contributed by atoms with Crippen molar-refractivity contribution in [2.75, 3.05) is 19.5 Å². The van der Waals surface area contributed by atoms with Crippen molar-refractivity contribution in [3.63, 3.8) is 0 Å². The molecule has 0 fully saturated rings. The Labute approximate surface area is 121 Å². The van der Waals surface area contributed by atoms with Gasteiger partial charge in [-0.3, -0.25) is 9.78 Å². The van der Waals surface area contributed by atoms with Crippen molar-refractivity contribution >= 4 is 11.6 Å². The van der Waals surface area contributed by atoms with Crippen LogP contribution in [0.25, 0.3) is 0 Å². The van der Waals surface area contributed by atoms with Crippen LogP contribution in [0, 0.1) is 12.7 Å². The molecule has 6 heteroatoms. The zero-order valence-corrected chi connectivity index (χ0v) is 11.9. The fourth-order valence-electron chi connectivity index (χ4n) is 1.83. The highest BCUT2D eigenvalue weighted by Gasteiger charge is 2.14. The van der Waals surface area contributed by atoms with Gasteiger partial charge >= 0.3 is 0 Å². The van der Waals surface area contributed by atoms with Gasteiger partial charge in [-0.15, -0.1) is 0 Å². The van der Waals surface area contributed by atoms with Gasteiger partial charge in [0.15, 0.2) is 11.6 Å². The van der Waals surface area contributed by atoms with E-state index in [1.165, 1.54) is 26.5 Å². The Morgan fingerprint density at radius 3 is 2.48 bits per heavy atom. The minimum atomic E-state index is -0.587. The third kappa shape index (κ3) is 3.28. The molecule has 0 saturated carbocycles. The molecule has 110 valence electrons. The first-order chi connectivity index (χ1) is 10.0. The van der Waals surface area contributed by atoms with E-state index in [1.807, 2.05) is 6.92 Å². The fourth-order valence-corrected chi connectivity index (χ4v) is 1.83. The van der Waals surface area contributed by atoms with Gasteiger partial charge in [0, 0.05) is 24.5 Å². The molecule has 0 atom stereocenters. The van der Waals surface area contributed by atoms with Crippen LogP contribution in [-0.4, -0.2) is 25.1 Å². The van der Waals surface area contributed by atoms with Crippen LogP contribution >= 0.6 is 0 Å². The van der Waals surface area contributed by atoms with Crippen molar-refractivity contribution in [3.05, 3.63) is 47.5 Å². The first-order valence-corrected chi connectivity index (χ1v) is 6.19. The first kappa shape index (κ1) is 14.8. The van der Waals surface area contributed by atoms with Crippen molar-refractivity contribution in [2.24, 2.45) is 0 Å². The second-order valence-corrected chi connectivity index (χ2v) is 4.39. The number of pyridine rings is 1. The van der Waals surface area contributed by atoms with Crippen LogP contribution in [0.2, 0.25) is 0 Å². The summed E-state index contributed by atoms with van der Waals surface area (Å²) < 4.78 is 23.7. The first-order valence-electron chi connectivity index (χ1n) is 6.19. The third-order valence-electron chi connectivity index (χ3n) is 2.86. The number of methoxy groups -OCH3 is 2. The number of halogens is 1. The van der Waals surface area contributed by atoms with Crippen LogP contribution in [0.1, 0.15) is 15.9 Å². The molecule has 1 aromatic heterocycles. The number of benzene rings is 1. The lowest BCUT2D eigenvalue weighted by molar-refractivity contribution is 0.102. The molecule has 0 aliphatic heterocycles. The van der Waals surface area contributed by atoms with Crippen LogP contribution < -0.4 is 14.8 Å². The number of hydrogen-bond donors (Lipinski definition) is 1. The Morgan fingerprint density at radius 2 is 1.86 bits per heavy atom. The van der Waals surface area contributed by atoms with Crippen LogP contribution in [0.5, 0.6) is 11.5 Å². The Balaban J connectivity index is 2.30. The van der Waals surface area contributed by atoms with E-state index in [0.717, 1.165) is 11.6 Å². The van der Waals surface area contributed by atoms with Crippen molar-refractivity contribution in [1.82, 2.24) is 4.98 Å². The van der Waals surface area contributed by atoms with Gasteiger partial charge in [0.2, 0.25) is 0 Å². The maximum atomic E-state index is 13.7. The zero-order chi connectivity index (χ0) is 15.4. The summed E-state index contributed by atoms with van der Waals surface area (Å²) in [5, 5.41) is 2.60. The van der Waals surface area contributed by atoms with Crippen LogP contribution in [-0.2, 0) is 0 Å². The summed E-state index contributed by atoms with van der Waals surface area (Å²) in [7, 11) is 2.78. The lowest BCUT2D eigenvalue weighted by Gasteiger charge is -2.12. The number of amides is 1. The molecule has 1 N–H and O–H groups in total. The molecule has 2 aromatic rings. The van der Waals surface area contributed by atoms with Crippen LogP contribution in [0.3, 0.4) is 0 Å². The monoisotopic (exact) mass is 290 g/mol. The SMILES string of the molecule is COc1cc(OC)c(NC(=O)c2cncc(C)c2)cc1F. The van der Waals surface area contributed by atoms with Crippen molar-refractivity contribution in [1.29, 1.82) is 0 Å². The average molecular weight is 290 g/mol. The minimum absolute atomic E-state index is 0.0436. The van der Waals surface area contributed by atoms with E-state index in [-0.39, 0.29) is 11.4 Å². The predicted molar refractivity (Wildman–Crippen MR) is 76.4 cm³/mol. The van der Waals surface area contributed by atoms with E-state index in [4.69, 9.17) is 9.47 Å². The lowest BCUT2D eigenvalue weighted by Crippen LogP contribution is -2.13. The molecule has 0 saturated heterocycles. The highest BCUT2D eigenvalue weighted by atomic mass is 19.1. The van der Waals surface area contributed by atoms with E-state index in [0.29, 0.717) is 11.3 Å². The van der Waals surface area contributed by atoms with Crippen molar-refractivity contribution in [3.8, 4) is 11.5 Å². The number of aromatic nitrogens is 1. The highest BCUT2D eigenvalue weighted by Crippen LogP contribution is 2.32. The summed E-state index contributed by atoms with van der Waals surface area (Å²) >= 11 is 0. The molecule has 0 spiro atoms. The van der Waals surface area contributed by atoms with Gasteiger partial charge < -0.3 is 14.8 Å². The molecule has 0 unspecified atom stereocenters. The predicted octanol–water partition coefficient (Wildman–Crippen LogP) is 2.80. The number of hydrogen-bond acceptors (Lipinski definition) is 4. The Bertz CT molecular complexity index is 674. The zero-order valence-electron chi connectivity index (χ0n) is 11.9. The fraction of sp³-hybridized carbons (Fsp3) is 0.200. The number of nitrogens with zero attached hydrogens (tertiary/aromatic N) is 1. The third-order valence-corrected chi connectivity index (χ3v) is 2.86. The summed E-state index contributed by atoms with van der Waals surface area (Å²) in [4.78, 5) is 16.1. The molecule has 0 aliphatic rings. The van der Waals surface area contributed by atoms with Gasteiger partial charge in [-0.25, -0.2) is 4.39 Å². The molecule has 21 heavy (non-hydrogen) atoms. The topological polar surface area (TPSA) is 60.5 Å². The summed E-state index contributed by atoms with van der Waals surface area (Å²) in [6.07, 6.45) is 3.08. The number of aryl methyl sites for hydroxylation is 1. The molecule has 0 aliphatic carbocycles. The minimum Gasteiger partial charge on any atom is -0.494 e. The van der Waals surface area contributed by atoms with Gasteiger partial charge in [0.1, 0.15) is 5.75 Å². The maximum Gasteiger partial charge on any atom is 0.257 e. The number of nitrogens with one attached hydrogen (secondary N) is 1. The van der Waals surface area contributed by atoms with E-state index >= 15 is 0 Å². The molecule has 1 amide bonds. The maximum absolute atomic E-state index is 13.7. The molecule has 5 nitrogen and oxygen atoms in total. The smallest absolute Gasteiger partial charge is 0.257 e. The van der Waals surface area contributed by atoms with Gasteiger partial charge in [-0.2, -0.15) is 0 Å². The van der Waals surface area contributed by atoms with Crippen molar-refractivity contribution < 1.29 is 18.7 Å². The van der Waals surface area contributed by atoms with E-state index < -0.39 is 11.7 Å². The molecule has 1 heterocycles. The van der Waals surface area contributed by atoms with Crippen LogP contribution in [0.15, 0.2) is 30.6 Å². The summed E-state index contributed by atoms with van der Waals surface area (Å²) in [5.74, 6) is -0.630. The largest absolute Gasteiger partial charge is 0.494 e. The molecule has 1 aromatic carbocycles. The van der Waals surface area contributed by atoms with Gasteiger partial charge in [0.05, 0.1) is 25.5 Å². The molecule has 0 bridgehead atoms. The van der Waals surface area contributed by atoms with Gasteiger partial charge in [0.25, 0.3) is 5.91 Å². The number of anilines is 1. The summed E-state index contributed by atoms with van der Waals surface area (Å²) in [6.45, 7) is 1.83. The Kier molecular flexibility index (Phi) is 4.37. The standard InChI is InChI=1S/C15H15FN2O3/c1-9-4-10(8-17-7-9)15(19)18-12-5-11(16)13(20-2)6-14(12)21-3/h4-8H,1-3H3,(H,18,19). The molecule has 0 radical (unpaired) electrons. The Morgan fingerprint density at radius 1 is 1.14 bits per heavy atom. The number of ether oxygens (including phenoxy) is 2. The summed E-state index contributed by atoms with van der Waals surface area (Å²) in [5.41, 5.74) is 1.46. The van der Waals surface area contributed by atoms with E-state index in [9.17, 15) is 9.18 Å². The van der Waals surface area contributed by atoms with Gasteiger partial charge in [-0.05, 0) is 18.6 Å². The van der Waals surface area contributed by atoms with Crippen LogP contribution in [0.4, 0.5) is 10.1 Å². The Hall–Kier alpha value is -2.63. The molecule has 2 rings (SSSR count).